The second kappa shape index (κ2) is 6.34. The van der Waals surface area contributed by atoms with Gasteiger partial charge in [-0.1, -0.05) is 6.07 Å². The molecule has 6 nitrogen and oxygen atoms in total. The molecule has 1 aromatic carbocycles. The number of rotatable bonds is 6. The molecule has 0 heterocycles. The Morgan fingerprint density at radius 2 is 2.11 bits per heavy atom. The zero-order valence-electron chi connectivity index (χ0n) is 10.2. The third-order valence-corrected chi connectivity index (χ3v) is 2.67. The second-order valence-corrected chi connectivity index (χ2v) is 3.91. The fraction of sp³-hybridized carbons (Fsp3) is 0.417. The monoisotopic (exact) mass is 254 g/mol. The number of methoxy groups -OCH3 is 1. The summed E-state index contributed by atoms with van der Waals surface area (Å²) < 4.78 is 4.98. The van der Waals surface area contributed by atoms with Crippen LogP contribution in [0, 0.1) is 0 Å². The Morgan fingerprint density at radius 3 is 2.61 bits per heavy atom. The van der Waals surface area contributed by atoms with Crippen molar-refractivity contribution in [1.29, 1.82) is 0 Å². The van der Waals surface area contributed by atoms with Crippen molar-refractivity contribution in [3.63, 3.8) is 0 Å². The number of hydrogen-bond donors (Lipinski definition) is 4. The van der Waals surface area contributed by atoms with Crippen molar-refractivity contribution in [2.75, 3.05) is 13.7 Å². The number of aliphatic hydroxyl groups excluding tert-OH is 2. The van der Waals surface area contributed by atoms with Crippen LogP contribution in [0.2, 0.25) is 0 Å². The molecular weight excluding hydrogens is 236 g/mol. The standard InChI is InChI=1S/C12H18N2O4/c1-18-7-2-3-8(9(6-7)12(14)17)11(16)10(15)4-5-13/h2-3,6,10-11,15-16H,4-5,13H2,1H3,(H2,14,17). The number of benzene rings is 1. The molecule has 0 saturated carbocycles. The molecule has 0 aliphatic heterocycles. The summed E-state index contributed by atoms with van der Waals surface area (Å²) in [6.07, 6.45) is -2.02. The van der Waals surface area contributed by atoms with Gasteiger partial charge in [0.25, 0.3) is 0 Å². The predicted molar refractivity (Wildman–Crippen MR) is 66.1 cm³/mol. The van der Waals surface area contributed by atoms with Gasteiger partial charge in [-0.05, 0) is 30.7 Å². The lowest BCUT2D eigenvalue weighted by molar-refractivity contribution is 0.0145. The minimum atomic E-state index is -1.21. The summed E-state index contributed by atoms with van der Waals surface area (Å²) in [6.45, 7) is 0.236. The summed E-state index contributed by atoms with van der Waals surface area (Å²) in [5, 5.41) is 19.6. The van der Waals surface area contributed by atoms with Gasteiger partial charge in [-0.2, -0.15) is 0 Å². The van der Waals surface area contributed by atoms with Crippen molar-refractivity contribution in [1.82, 2.24) is 0 Å². The fourth-order valence-corrected chi connectivity index (χ4v) is 1.67. The van der Waals surface area contributed by atoms with Gasteiger partial charge < -0.3 is 26.4 Å². The zero-order valence-corrected chi connectivity index (χ0v) is 10.2. The van der Waals surface area contributed by atoms with Crippen molar-refractivity contribution in [3.05, 3.63) is 29.3 Å². The van der Waals surface area contributed by atoms with E-state index in [2.05, 4.69) is 0 Å². The number of hydrogen-bond acceptors (Lipinski definition) is 5. The fourth-order valence-electron chi connectivity index (χ4n) is 1.67. The van der Waals surface area contributed by atoms with E-state index < -0.39 is 18.1 Å². The van der Waals surface area contributed by atoms with Gasteiger partial charge in [-0.3, -0.25) is 4.79 Å². The molecule has 0 saturated heterocycles. The number of amides is 1. The van der Waals surface area contributed by atoms with Crippen LogP contribution in [0.4, 0.5) is 0 Å². The minimum Gasteiger partial charge on any atom is -0.497 e. The molecule has 1 rings (SSSR count). The molecule has 1 amide bonds. The molecule has 0 aromatic heterocycles. The Labute approximate surface area is 105 Å². The highest BCUT2D eigenvalue weighted by Crippen LogP contribution is 2.26. The van der Waals surface area contributed by atoms with Gasteiger partial charge in [0.15, 0.2) is 0 Å². The maximum atomic E-state index is 11.3. The van der Waals surface area contributed by atoms with Crippen molar-refractivity contribution < 1.29 is 19.7 Å². The number of carbonyl (C=O) groups is 1. The molecule has 0 aliphatic rings. The number of nitrogens with two attached hydrogens (primary N) is 2. The summed E-state index contributed by atoms with van der Waals surface area (Å²) in [4.78, 5) is 11.3. The minimum absolute atomic E-state index is 0.123. The highest BCUT2D eigenvalue weighted by Gasteiger charge is 2.22. The van der Waals surface area contributed by atoms with Crippen molar-refractivity contribution >= 4 is 5.91 Å². The van der Waals surface area contributed by atoms with Gasteiger partial charge in [-0.15, -0.1) is 0 Å². The molecule has 0 aliphatic carbocycles. The first kappa shape index (κ1) is 14.4. The van der Waals surface area contributed by atoms with E-state index in [1.807, 2.05) is 0 Å². The summed E-state index contributed by atoms with van der Waals surface area (Å²) in [5.74, 6) is -0.240. The molecule has 0 bridgehead atoms. The molecule has 2 atom stereocenters. The maximum absolute atomic E-state index is 11.3. The largest absolute Gasteiger partial charge is 0.497 e. The Kier molecular flexibility index (Phi) is 5.08. The van der Waals surface area contributed by atoms with Crippen LogP contribution in [0.5, 0.6) is 5.75 Å². The predicted octanol–water partition coefficient (Wildman–Crippen LogP) is -0.463. The van der Waals surface area contributed by atoms with Gasteiger partial charge >= 0.3 is 0 Å². The lowest BCUT2D eigenvalue weighted by Crippen LogP contribution is -2.25. The Hall–Kier alpha value is -1.63. The highest BCUT2D eigenvalue weighted by molar-refractivity contribution is 5.95. The average molecular weight is 254 g/mol. The number of aliphatic hydroxyl groups is 2. The van der Waals surface area contributed by atoms with E-state index in [9.17, 15) is 15.0 Å². The maximum Gasteiger partial charge on any atom is 0.249 e. The topological polar surface area (TPSA) is 119 Å². The van der Waals surface area contributed by atoms with Gasteiger partial charge in [0, 0.05) is 5.56 Å². The van der Waals surface area contributed by atoms with Crippen LogP contribution in [-0.2, 0) is 0 Å². The Morgan fingerprint density at radius 1 is 1.44 bits per heavy atom. The van der Waals surface area contributed by atoms with E-state index in [0.29, 0.717) is 5.75 Å². The van der Waals surface area contributed by atoms with Crippen LogP contribution in [0.3, 0.4) is 0 Å². The van der Waals surface area contributed by atoms with Crippen LogP contribution >= 0.6 is 0 Å². The first-order valence-electron chi connectivity index (χ1n) is 5.55. The average Bonchev–Trinajstić information content (AvgIpc) is 2.37. The van der Waals surface area contributed by atoms with Crippen molar-refractivity contribution in [2.45, 2.75) is 18.6 Å². The Bertz CT molecular complexity index is 423. The van der Waals surface area contributed by atoms with E-state index >= 15 is 0 Å². The van der Waals surface area contributed by atoms with Crippen molar-refractivity contribution in [2.24, 2.45) is 11.5 Å². The van der Waals surface area contributed by atoms with Crippen LogP contribution < -0.4 is 16.2 Å². The molecule has 100 valence electrons. The van der Waals surface area contributed by atoms with Crippen LogP contribution in [0.15, 0.2) is 18.2 Å². The van der Waals surface area contributed by atoms with E-state index in [0.717, 1.165) is 0 Å². The van der Waals surface area contributed by atoms with E-state index in [1.165, 1.54) is 19.2 Å². The SMILES string of the molecule is COc1ccc(C(O)C(O)CCN)c(C(N)=O)c1. The molecule has 0 radical (unpaired) electrons. The quantitative estimate of drug-likeness (QED) is 0.547. The third-order valence-electron chi connectivity index (χ3n) is 2.67. The highest BCUT2D eigenvalue weighted by atomic mass is 16.5. The van der Waals surface area contributed by atoms with Crippen LogP contribution in [0.25, 0.3) is 0 Å². The number of ether oxygens (including phenoxy) is 1. The normalized spacial score (nSPS) is 14.0. The molecule has 6 heteroatoms. The Balaban J connectivity index is 3.10. The first-order chi connectivity index (χ1) is 8.51. The molecule has 18 heavy (non-hydrogen) atoms. The lowest BCUT2D eigenvalue weighted by Gasteiger charge is -2.19. The van der Waals surface area contributed by atoms with E-state index in [-0.39, 0.29) is 24.1 Å². The van der Waals surface area contributed by atoms with E-state index in [4.69, 9.17) is 16.2 Å². The lowest BCUT2D eigenvalue weighted by atomic mass is 9.96. The molecule has 1 aromatic rings. The van der Waals surface area contributed by atoms with Crippen LogP contribution in [0.1, 0.15) is 28.4 Å². The van der Waals surface area contributed by atoms with E-state index in [1.54, 1.807) is 6.07 Å². The summed E-state index contributed by atoms with van der Waals surface area (Å²) in [5.41, 5.74) is 10.9. The molecule has 0 spiro atoms. The molecule has 0 fully saturated rings. The second-order valence-electron chi connectivity index (χ2n) is 3.91. The van der Waals surface area contributed by atoms with Crippen LogP contribution in [-0.4, -0.2) is 35.9 Å². The number of primary amides is 1. The smallest absolute Gasteiger partial charge is 0.249 e. The third kappa shape index (κ3) is 3.19. The van der Waals surface area contributed by atoms with Gasteiger partial charge in [0.05, 0.1) is 13.2 Å². The van der Waals surface area contributed by atoms with Gasteiger partial charge in [0.1, 0.15) is 11.9 Å². The summed E-state index contributed by atoms with van der Waals surface area (Å²) in [7, 11) is 1.46. The van der Waals surface area contributed by atoms with Crippen molar-refractivity contribution in [3.8, 4) is 5.75 Å². The molecule has 6 N–H and O–H groups in total. The zero-order chi connectivity index (χ0) is 13.7. The molecule has 2 unspecified atom stereocenters. The van der Waals surface area contributed by atoms with Gasteiger partial charge in [-0.25, -0.2) is 0 Å². The summed E-state index contributed by atoms with van der Waals surface area (Å²) in [6, 6.07) is 4.51. The first-order valence-corrected chi connectivity index (χ1v) is 5.55. The van der Waals surface area contributed by atoms with Gasteiger partial charge in [0.2, 0.25) is 5.91 Å². The summed E-state index contributed by atoms with van der Waals surface area (Å²) >= 11 is 0. The number of carbonyl (C=O) groups excluding carboxylic acids is 1. The molecular formula is C12H18N2O4.